The highest BCUT2D eigenvalue weighted by molar-refractivity contribution is 5.38. The van der Waals surface area contributed by atoms with Crippen LogP contribution in [0.5, 0.6) is 0 Å². The van der Waals surface area contributed by atoms with Crippen LogP contribution in [0.2, 0.25) is 0 Å². The van der Waals surface area contributed by atoms with Crippen molar-refractivity contribution in [3.8, 4) is 11.8 Å². The monoisotopic (exact) mass is 273 g/mol. The summed E-state index contributed by atoms with van der Waals surface area (Å²) >= 11 is 0. The van der Waals surface area contributed by atoms with Gasteiger partial charge >= 0.3 is 0 Å². The highest BCUT2D eigenvalue weighted by atomic mass is 15.3. The molecule has 3 aromatic rings. The Kier molecular flexibility index (Phi) is 3.79. The molecule has 1 aromatic heterocycles. The zero-order chi connectivity index (χ0) is 14.5. The minimum absolute atomic E-state index is 0.384. The molecule has 3 nitrogen and oxygen atoms in total. The first-order valence-corrected chi connectivity index (χ1v) is 6.90. The van der Waals surface area contributed by atoms with Crippen LogP contribution < -0.4 is 0 Å². The van der Waals surface area contributed by atoms with E-state index in [1.165, 1.54) is 5.56 Å². The number of rotatable bonds is 4. The molecule has 0 radical (unpaired) electrons. The van der Waals surface area contributed by atoms with Crippen LogP contribution in [-0.2, 0) is 12.8 Å². The third-order valence-corrected chi connectivity index (χ3v) is 3.44. The number of hydrogen-bond donors (Lipinski definition) is 0. The second-order valence-electron chi connectivity index (χ2n) is 4.86. The normalized spacial score (nSPS) is 10.2. The van der Waals surface area contributed by atoms with E-state index < -0.39 is 0 Å². The smallest absolute Gasteiger partial charge is 0.0671 e. The molecule has 0 aliphatic rings. The van der Waals surface area contributed by atoms with Crippen molar-refractivity contribution < 1.29 is 0 Å². The fourth-order valence-electron chi connectivity index (χ4n) is 2.41. The van der Waals surface area contributed by atoms with E-state index in [-0.39, 0.29) is 0 Å². The fourth-order valence-corrected chi connectivity index (χ4v) is 2.41. The van der Waals surface area contributed by atoms with Crippen molar-refractivity contribution in [3.63, 3.8) is 0 Å². The number of benzene rings is 2. The van der Waals surface area contributed by atoms with Crippen molar-refractivity contribution in [2.75, 3.05) is 0 Å². The van der Waals surface area contributed by atoms with Crippen LogP contribution >= 0.6 is 0 Å². The van der Waals surface area contributed by atoms with Crippen LogP contribution in [0.3, 0.4) is 0 Å². The van der Waals surface area contributed by atoms with Gasteiger partial charge in [-0.1, -0.05) is 48.5 Å². The molecular formula is C18H15N3. The maximum atomic E-state index is 9.00. The van der Waals surface area contributed by atoms with Gasteiger partial charge in [-0.25, -0.2) is 4.68 Å². The van der Waals surface area contributed by atoms with E-state index in [1.54, 1.807) is 6.20 Å². The standard InChI is InChI=1S/C18H15N3/c19-12-11-16-14-20-21(17-9-5-2-6-10-17)18(16)13-15-7-3-1-4-8-15/h1-10,14H,11,13H2. The largest absolute Gasteiger partial charge is 0.237 e. The van der Waals surface area contributed by atoms with Gasteiger partial charge < -0.3 is 0 Å². The van der Waals surface area contributed by atoms with Crippen molar-refractivity contribution in [1.29, 1.82) is 5.26 Å². The van der Waals surface area contributed by atoms with Gasteiger partial charge in [0.15, 0.2) is 0 Å². The lowest BCUT2D eigenvalue weighted by Gasteiger charge is -2.09. The average molecular weight is 273 g/mol. The van der Waals surface area contributed by atoms with Crippen molar-refractivity contribution in [1.82, 2.24) is 9.78 Å². The van der Waals surface area contributed by atoms with Crippen LogP contribution in [0.25, 0.3) is 5.69 Å². The molecule has 0 N–H and O–H groups in total. The van der Waals surface area contributed by atoms with Gasteiger partial charge in [-0.15, -0.1) is 0 Å². The fraction of sp³-hybridized carbons (Fsp3) is 0.111. The van der Waals surface area contributed by atoms with Crippen LogP contribution in [-0.4, -0.2) is 9.78 Å². The summed E-state index contributed by atoms with van der Waals surface area (Å²) in [5.41, 5.74) is 4.31. The van der Waals surface area contributed by atoms with E-state index in [2.05, 4.69) is 23.3 Å². The van der Waals surface area contributed by atoms with Crippen molar-refractivity contribution in [3.05, 3.63) is 83.7 Å². The minimum Gasteiger partial charge on any atom is -0.237 e. The summed E-state index contributed by atoms with van der Waals surface area (Å²) in [6.07, 6.45) is 2.95. The van der Waals surface area contributed by atoms with Crippen molar-refractivity contribution in [2.45, 2.75) is 12.8 Å². The predicted molar refractivity (Wildman–Crippen MR) is 82.1 cm³/mol. The molecule has 0 unspecified atom stereocenters. The maximum absolute atomic E-state index is 9.00. The van der Waals surface area contributed by atoms with E-state index in [9.17, 15) is 0 Å². The van der Waals surface area contributed by atoms with Crippen molar-refractivity contribution in [2.24, 2.45) is 0 Å². The summed E-state index contributed by atoms with van der Waals surface area (Å²) in [7, 11) is 0. The van der Waals surface area contributed by atoms with Gasteiger partial charge in [-0.05, 0) is 17.7 Å². The topological polar surface area (TPSA) is 41.6 Å². The lowest BCUT2D eigenvalue weighted by Crippen LogP contribution is -2.04. The maximum Gasteiger partial charge on any atom is 0.0671 e. The first-order chi connectivity index (χ1) is 10.4. The Morgan fingerprint density at radius 2 is 1.62 bits per heavy atom. The zero-order valence-electron chi connectivity index (χ0n) is 11.6. The molecule has 3 rings (SSSR count). The van der Waals surface area contributed by atoms with Gasteiger partial charge in [-0.3, -0.25) is 0 Å². The molecule has 2 aromatic carbocycles. The predicted octanol–water partition coefficient (Wildman–Crippen LogP) is 3.53. The lowest BCUT2D eigenvalue weighted by molar-refractivity contribution is 0.820. The molecule has 21 heavy (non-hydrogen) atoms. The second kappa shape index (κ2) is 6.06. The highest BCUT2D eigenvalue weighted by Gasteiger charge is 2.12. The van der Waals surface area contributed by atoms with E-state index in [4.69, 9.17) is 5.26 Å². The molecular weight excluding hydrogens is 258 g/mol. The Morgan fingerprint density at radius 3 is 2.29 bits per heavy atom. The summed E-state index contributed by atoms with van der Waals surface area (Å²) in [4.78, 5) is 0. The summed E-state index contributed by atoms with van der Waals surface area (Å²) in [6, 6.07) is 22.5. The molecule has 0 atom stereocenters. The molecule has 0 aliphatic heterocycles. The Morgan fingerprint density at radius 1 is 0.952 bits per heavy atom. The van der Waals surface area contributed by atoms with E-state index in [1.807, 2.05) is 53.2 Å². The summed E-state index contributed by atoms with van der Waals surface area (Å²) in [5.74, 6) is 0. The number of para-hydroxylation sites is 1. The molecule has 0 fully saturated rings. The quantitative estimate of drug-likeness (QED) is 0.729. The molecule has 0 bridgehead atoms. The summed E-state index contributed by atoms with van der Waals surface area (Å²) in [6.45, 7) is 0. The number of nitriles is 1. The van der Waals surface area contributed by atoms with Gasteiger partial charge in [0.25, 0.3) is 0 Å². The van der Waals surface area contributed by atoms with Gasteiger partial charge in [0.05, 0.1) is 30.1 Å². The summed E-state index contributed by atoms with van der Waals surface area (Å²) < 4.78 is 1.93. The van der Waals surface area contributed by atoms with Crippen LogP contribution in [0.4, 0.5) is 0 Å². The van der Waals surface area contributed by atoms with Crippen LogP contribution in [0.1, 0.15) is 16.8 Å². The Bertz CT molecular complexity index is 752. The third-order valence-electron chi connectivity index (χ3n) is 3.44. The van der Waals surface area contributed by atoms with E-state index >= 15 is 0 Å². The molecule has 3 heteroatoms. The number of aromatic nitrogens is 2. The van der Waals surface area contributed by atoms with Crippen LogP contribution in [0.15, 0.2) is 66.9 Å². The average Bonchev–Trinajstić information content (AvgIpc) is 2.92. The van der Waals surface area contributed by atoms with Gasteiger partial charge in [0.1, 0.15) is 0 Å². The SMILES string of the molecule is N#CCc1cnn(-c2ccccc2)c1Cc1ccccc1. The Labute approximate surface area is 124 Å². The second-order valence-corrected chi connectivity index (χ2v) is 4.86. The molecule has 0 saturated heterocycles. The van der Waals surface area contributed by atoms with E-state index in [0.717, 1.165) is 23.4 Å². The first kappa shape index (κ1) is 13.1. The first-order valence-electron chi connectivity index (χ1n) is 6.90. The van der Waals surface area contributed by atoms with Gasteiger partial charge in [0, 0.05) is 12.0 Å². The third kappa shape index (κ3) is 2.85. The molecule has 0 saturated carbocycles. The van der Waals surface area contributed by atoms with E-state index in [0.29, 0.717) is 6.42 Å². The Hall–Kier alpha value is -2.86. The zero-order valence-corrected chi connectivity index (χ0v) is 11.6. The lowest BCUT2D eigenvalue weighted by atomic mass is 10.1. The van der Waals surface area contributed by atoms with Gasteiger partial charge in [0.2, 0.25) is 0 Å². The Balaban J connectivity index is 2.04. The van der Waals surface area contributed by atoms with Gasteiger partial charge in [-0.2, -0.15) is 10.4 Å². The molecule has 0 aliphatic carbocycles. The number of nitrogens with zero attached hydrogens (tertiary/aromatic N) is 3. The highest BCUT2D eigenvalue weighted by Crippen LogP contribution is 2.19. The van der Waals surface area contributed by atoms with Crippen molar-refractivity contribution >= 4 is 0 Å². The molecule has 102 valence electrons. The minimum atomic E-state index is 0.384. The molecule has 0 amide bonds. The molecule has 0 spiro atoms. The molecule has 1 heterocycles. The van der Waals surface area contributed by atoms with Crippen LogP contribution in [0, 0.1) is 11.3 Å². The number of hydrogen-bond acceptors (Lipinski definition) is 2. The summed E-state index contributed by atoms with van der Waals surface area (Å²) in [5, 5.41) is 13.5.